The van der Waals surface area contributed by atoms with Gasteiger partial charge in [0.25, 0.3) is 5.91 Å². The summed E-state index contributed by atoms with van der Waals surface area (Å²) in [5.74, 6) is -0.551. The number of amides is 1. The number of halogens is 1. The van der Waals surface area contributed by atoms with Gasteiger partial charge in [-0.3, -0.25) is 9.10 Å². The molecule has 0 fully saturated rings. The summed E-state index contributed by atoms with van der Waals surface area (Å²) < 4.78 is 46.5. The van der Waals surface area contributed by atoms with Crippen LogP contribution in [0.3, 0.4) is 0 Å². The van der Waals surface area contributed by atoms with E-state index in [0.717, 1.165) is 28.9 Å². The van der Waals surface area contributed by atoms with Gasteiger partial charge in [0.2, 0.25) is 10.0 Å². The van der Waals surface area contributed by atoms with Crippen molar-refractivity contribution in [2.75, 3.05) is 49.0 Å². The van der Waals surface area contributed by atoms with Gasteiger partial charge in [-0.1, -0.05) is 24.3 Å². The molecule has 0 saturated carbocycles. The lowest BCUT2D eigenvalue weighted by Gasteiger charge is -2.24. The summed E-state index contributed by atoms with van der Waals surface area (Å²) >= 11 is 0. The summed E-state index contributed by atoms with van der Waals surface area (Å²) in [6.45, 7) is 0. The number of nitrogens with zero attached hydrogens (tertiary/aromatic N) is 2. The predicted octanol–water partition coefficient (Wildman–Crippen LogP) is 6.47. The van der Waals surface area contributed by atoms with Crippen LogP contribution in [0.15, 0.2) is 89.3 Å². The molecular weight excluding hydrogens is 555 g/mol. The van der Waals surface area contributed by atoms with Crippen LogP contribution in [-0.2, 0) is 10.0 Å². The van der Waals surface area contributed by atoms with Crippen molar-refractivity contribution in [1.82, 2.24) is 5.32 Å². The molecule has 1 amide bonds. The zero-order valence-corrected chi connectivity index (χ0v) is 24.7. The molecule has 5 aromatic rings. The van der Waals surface area contributed by atoms with E-state index < -0.39 is 15.8 Å². The second-order valence-corrected chi connectivity index (χ2v) is 11.9. The molecule has 216 valence electrons. The highest BCUT2D eigenvalue weighted by Crippen LogP contribution is 2.42. The van der Waals surface area contributed by atoms with E-state index in [-0.39, 0.29) is 17.2 Å². The molecule has 10 heteroatoms. The highest BCUT2D eigenvalue weighted by molar-refractivity contribution is 7.92. The normalized spacial score (nSPS) is 11.4. The summed E-state index contributed by atoms with van der Waals surface area (Å²) in [6, 6.07) is 24.7. The first-order valence-corrected chi connectivity index (χ1v) is 15.0. The van der Waals surface area contributed by atoms with E-state index in [0.29, 0.717) is 27.8 Å². The first kappa shape index (κ1) is 28.7. The molecule has 8 nitrogen and oxygen atoms in total. The first-order valence-electron chi connectivity index (χ1n) is 13.2. The van der Waals surface area contributed by atoms with Gasteiger partial charge in [0, 0.05) is 56.5 Å². The van der Waals surface area contributed by atoms with Crippen LogP contribution in [0.5, 0.6) is 0 Å². The van der Waals surface area contributed by atoms with Gasteiger partial charge in [-0.15, -0.1) is 0 Å². The quantitative estimate of drug-likeness (QED) is 0.216. The predicted molar refractivity (Wildman–Crippen MR) is 168 cm³/mol. The molecule has 0 bridgehead atoms. The van der Waals surface area contributed by atoms with Crippen molar-refractivity contribution < 1.29 is 22.0 Å². The number of para-hydroxylation sites is 2. The van der Waals surface area contributed by atoms with E-state index in [1.54, 1.807) is 12.1 Å². The fraction of sp³-hybridized carbons (Fsp3) is 0.156. The zero-order chi connectivity index (χ0) is 30.2. The smallest absolute Gasteiger partial charge is 0.255 e. The topological polar surface area (TPSA) is 94.9 Å². The molecule has 5 rings (SSSR count). The van der Waals surface area contributed by atoms with Gasteiger partial charge in [0.05, 0.1) is 28.9 Å². The van der Waals surface area contributed by atoms with E-state index >= 15 is 0 Å². The van der Waals surface area contributed by atoms with Crippen molar-refractivity contribution in [2.24, 2.45) is 0 Å². The minimum Gasteiger partial charge on any atom is -0.455 e. The highest BCUT2D eigenvalue weighted by atomic mass is 32.2. The number of rotatable bonds is 8. The molecule has 4 aromatic carbocycles. The Bertz CT molecular complexity index is 1900. The number of sulfonamides is 1. The van der Waals surface area contributed by atoms with E-state index in [9.17, 15) is 17.6 Å². The van der Waals surface area contributed by atoms with Crippen LogP contribution in [0.25, 0.3) is 33.4 Å². The number of carbonyl (C=O) groups is 1. The third-order valence-corrected chi connectivity index (χ3v) is 8.47. The lowest BCUT2D eigenvalue weighted by Crippen LogP contribution is -2.25. The summed E-state index contributed by atoms with van der Waals surface area (Å²) in [6.07, 6.45) is 1.13. The van der Waals surface area contributed by atoms with Crippen LogP contribution in [-0.4, -0.2) is 48.8 Å². The molecule has 0 saturated heterocycles. The molecule has 1 heterocycles. The standard InChI is InChI=1S/C32H31FN4O4S/c1-34-26-11-6-7-12-27(26)36(3)23-10-8-9-21(17-23)24-18-25-29(19-28(24)37(4)42(5,39)40)41-31(30(25)32(38)35-2)20-13-15-22(33)16-14-20/h6-19,34H,1-5H3,(H,35,38). The number of fused-ring (bicyclic) bond motifs is 1. The van der Waals surface area contributed by atoms with E-state index in [2.05, 4.69) is 10.6 Å². The Morgan fingerprint density at radius 3 is 2.24 bits per heavy atom. The number of anilines is 4. The molecule has 0 aliphatic rings. The van der Waals surface area contributed by atoms with Gasteiger partial charge >= 0.3 is 0 Å². The van der Waals surface area contributed by atoms with Crippen LogP contribution in [0, 0.1) is 5.82 Å². The van der Waals surface area contributed by atoms with Gasteiger partial charge in [-0.25, -0.2) is 12.8 Å². The molecular formula is C32H31FN4O4S. The lowest BCUT2D eigenvalue weighted by atomic mass is 9.98. The minimum absolute atomic E-state index is 0.256. The Balaban J connectivity index is 1.76. The van der Waals surface area contributed by atoms with Crippen molar-refractivity contribution >= 4 is 49.6 Å². The molecule has 0 spiro atoms. The SMILES string of the molecule is CNC(=O)c1c(-c2ccc(F)cc2)oc2cc(N(C)S(C)(=O)=O)c(-c3cccc(N(C)c4ccccc4NC)c3)cc12. The number of furan rings is 1. The summed E-state index contributed by atoms with van der Waals surface area (Å²) in [5, 5.41) is 6.37. The van der Waals surface area contributed by atoms with Crippen molar-refractivity contribution in [2.45, 2.75) is 0 Å². The lowest BCUT2D eigenvalue weighted by molar-refractivity contribution is 0.0964. The van der Waals surface area contributed by atoms with Gasteiger partial charge in [-0.2, -0.15) is 0 Å². The van der Waals surface area contributed by atoms with Crippen molar-refractivity contribution in [3.8, 4) is 22.5 Å². The second-order valence-electron chi connectivity index (χ2n) is 9.86. The Hall–Kier alpha value is -4.83. The molecule has 0 atom stereocenters. The van der Waals surface area contributed by atoms with E-state index in [1.165, 1.54) is 42.7 Å². The third-order valence-electron chi connectivity index (χ3n) is 7.28. The van der Waals surface area contributed by atoms with Crippen LogP contribution >= 0.6 is 0 Å². The molecule has 0 radical (unpaired) electrons. The number of carbonyl (C=O) groups excluding carboxylic acids is 1. The third kappa shape index (κ3) is 5.28. The summed E-state index contributed by atoms with van der Waals surface area (Å²) in [4.78, 5) is 15.2. The summed E-state index contributed by atoms with van der Waals surface area (Å²) in [7, 11) is 3.15. The van der Waals surface area contributed by atoms with Gasteiger partial charge in [-0.05, 0) is 60.2 Å². The number of benzene rings is 4. The molecule has 42 heavy (non-hydrogen) atoms. The van der Waals surface area contributed by atoms with Crippen LogP contribution in [0.1, 0.15) is 10.4 Å². The Morgan fingerprint density at radius 1 is 0.857 bits per heavy atom. The maximum atomic E-state index is 13.7. The fourth-order valence-electron chi connectivity index (χ4n) is 4.96. The van der Waals surface area contributed by atoms with Crippen LogP contribution in [0.2, 0.25) is 0 Å². The average molecular weight is 587 g/mol. The zero-order valence-electron chi connectivity index (χ0n) is 23.9. The Kier molecular flexibility index (Phi) is 7.66. The monoisotopic (exact) mass is 586 g/mol. The van der Waals surface area contributed by atoms with Crippen molar-refractivity contribution in [3.63, 3.8) is 0 Å². The first-order chi connectivity index (χ1) is 20.0. The minimum atomic E-state index is -3.66. The fourth-order valence-corrected chi connectivity index (χ4v) is 5.46. The second kappa shape index (κ2) is 11.2. The molecule has 0 unspecified atom stereocenters. The van der Waals surface area contributed by atoms with Crippen molar-refractivity contribution in [3.05, 3.63) is 96.3 Å². The molecule has 0 aliphatic heterocycles. The largest absolute Gasteiger partial charge is 0.455 e. The maximum Gasteiger partial charge on any atom is 0.255 e. The number of hydrogen-bond donors (Lipinski definition) is 2. The van der Waals surface area contributed by atoms with Gasteiger partial charge in [0.1, 0.15) is 17.2 Å². The van der Waals surface area contributed by atoms with Gasteiger partial charge < -0.3 is 20.0 Å². The molecule has 1 aromatic heterocycles. The Morgan fingerprint density at radius 2 is 1.57 bits per heavy atom. The Labute approximate surface area is 244 Å². The van der Waals surface area contributed by atoms with Crippen LogP contribution in [0.4, 0.5) is 27.1 Å². The summed E-state index contributed by atoms with van der Waals surface area (Å²) in [5.41, 5.74) is 5.58. The van der Waals surface area contributed by atoms with E-state index in [4.69, 9.17) is 4.42 Å². The highest BCUT2D eigenvalue weighted by Gasteiger charge is 2.26. The average Bonchev–Trinajstić information content (AvgIpc) is 3.37. The molecule has 0 aliphatic carbocycles. The maximum absolute atomic E-state index is 13.7. The van der Waals surface area contributed by atoms with Crippen molar-refractivity contribution in [1.29, 1.82) is 0 Å². The number of nitrogens with one attached hydrogen (secondary N) is 2. The number of hydrogen-bond acceptors (Lipinski definition) is 6. The van der Waals surface area contributed by atoms with E-state index in [1.807, 2.05) is 67.5 Å². The van der Waals surface area contributed by atoms with Crippen LogP contribution < -0.4 is 19.8 Å². The van der Waals surface area contributed by atoms with Gasteiger partial charge in [0.15, 0.2) is 0 Å². The molecule has 2 N–H and O–H groups in total.